The summed E-state index contributed by atoms with van der Waals surface area (Å²) < 4.78 is 10.2. The van der Waals surface area contributed by atoms with Gasteiger partial charge in [0.05, 0.1) is 18.2 Å². The topological polar surface area (TPSA) is 60.5 Å². The SMILES string of the molecule is CCOC(=O)c1ncsc1NC1CC(OC)C1. The molecule has 1 aliphatic carbocycles. The van der Waals surface area contributed by atoms with Crippen molar-refractivity contribution in [3.05, 3.63) is 11.2 Å². The first kappa shape index (κ1) is 12.3. The lowest BCUT2D eigenvalue weighted by atomic mass is 9.89. The summed E-state index contributed by atoms with van der Waals surface area (Å²) in [6.45, 7) is 2.15. The maximum atomic E-state index is 11.6. The molecule has 94 valence electrons. The molecule has 0 radical (unpaired) electrons. The number of hydrogen-bond donors (Lipinski definition) is 1. The quantitative estimate of drug-likeness (QED) is 0.815. The molecule has 6 heteroatoms. The minimum atomic E-state index is -0.362. The maximum absolute atomic E-state index is 11.6. The van der Waals surface area contributed by atoms with Crippen LogP contribution in [0.25, 0.3) is 0 Å². The maximum Gasteiger partial charge on any atom is 0.360 e. The van der Waals surface area contributed by atoms with Crippen molar-refractivity contribution in [2.24, 2.45) is 0 Å². The first-order valence-corrected chi connectivity index (χ1v) is 6.52. The summed E-state index contributed by atoms with van der Waals surface area (Å²) in [5, 5.41) is 4.10. The van der Waals surface area contributed by atoms with Crippen LogP contribution in [0.3, 0.4) is 0 Å². The van der Waals surface area contributed by atoms with Crippen LogP contribution in [0.5, 0.6) is 0 Å². The van der Waals surface area contributed by atoms with Crippen molar-refractivity contribution in [3.63, 3.8) is 0 Å². The summed E-state index contributed by atoms with van der Waals surface area (Å²) in [6.07, 6.45) is 2.28. The number of methoxy groups -OCH3 is 1. The standard InChI is InChI=1S/C11H16N2O3S/c1-3-16-11(14)9-10(17-6-12-9)13-7-4-8(5-7)15-2/h6-8,13H,3-5H2,1-2H3. The van der Waals surface area contributed by atoms with Crippen LogP contribution in [0.1, 0.15) is 30.3 Å². The highest BCUT2D eigenvalue weighted by molar-refractivity contribution is 7.14. The Bertz CT molecular complexity index is 388. The van der Waals surface area contributed by atoms with Crippen LogP contribution < -0.4 is 5.32 Å². The molecule has 1 heterocycles. The van der Waals surface area contributed by atoms with Gasteiger partial charge in [0.1, 0.15) is 5.00 Å². The predicted octanol–water partition coefficient (Wildman–Crippen LogP) is 1.91. The Morgan fingerprint density at radius 2 is 2.41 bits per heavy atom. The van der Waals surface area contributed by atoms with Gasteiger partial charge >= 0.3 is 5.97 Å². The number of rotatable bonds is 5. The molecule has 17 heavy (non-hydrogen) atoms. The molecule has 0 amide bonds. The lowest BCUT2D eigenvalue weighted by molar-refractivity contribution is 0.0329. The highest BCUT2D eigenvalue weighted by atomic mass is 32.1. The minimum absolute atomic E-state index is 0.339. The van der Waals surface area contributed by atoms with Crippen molar-refractivity contribution in [1.82, 2.24) is 4.98 Å². The third-order valence-electron chi connectivity index (χ3n) is 2.80. The Morgan fingerprint density at radius 3 is 3.06 bits per heavy atom. The number of anilines is 1. The van der Waals surface area contributed by atoms with Crippen LogP contribution >= 0.6 is 11.3 Å². The van der Waals surface area contributed by atoms with Gasteiger partial charge in [-0.1, -0.05) is 0 Å². The molecule has 1 aromatic heterocycles. The van der Waals surface area contributed by atoms with Gasteiger partial charge in [-0.2, -0.15) is 0 Å². The molecule has 5 nitrogen and oxygen atoms in total. The van der Waals surface area contributed by atoms with Gasteiger partial charge in [-0.3, -0.25) is 0 Å². The van der Waals surface area contributed by atoms with Crippen molar-refractivity contribution in [1.29, 1.82) is 0 Å². The van der Waals surface area contributed by atoms with Gasteiger partial charge in [-0.15, -0.1) is 11.3 Å². The Hall–Kier alpha value is -1.14. The Balaban J connectivity index is 1.93. The largest absolute Gasteiger partial charge is 0.461 e. The van der Waals surface area contributed by atoms with E-state index in [1.54, 1.807) is 19.5 Å². The zero-order valence-corrected chi connectivity index (χ0v) is 10.8. The van der Waals surface area contributed by atoms with Crippen LogP contribution in [-0.2, 0) is 9.47 Å². The fourth-order valence-electron chi connectivity index (χ4n) is 1.75. The third-order valence-corrected chi connectivity index (χ3v) is 3.56. The van der Waals surface area contributed by atoms with Crippen molar-refractivity contribution in [2.45, 2.75) is 31.9 Å². The molecule has 0 aliphatic heterocycles. The van der Waals surface area contributed by atoms with E-state index >= 15 is 0 Å². The minimum Gasteiger partial charge on any atom is -0.461 e. The zero-order valence-electron chi connectivity index (χ0n) is 9.93. The molecule has 0 aromatic carbocycles. The summed E-state index contributed by atoms with van der Waals surface area (Å²) in [6, 6.07) is 0.369. The van der Waals surface area contributed by atoms with E-state index in [0.717, 1.165) is 17.8 Å². The average Bonchev–Trinajstić information content (AvgIpc) is 2.71. The van der Waals surface area contributed by atoms with E-state index in [1.165, 1.54) is 11.3 Å². The second-order valence-electron chi connectivity index (χ2n) is 3.92. The molecule has 1 aromatic rings. The lowest BCUT2D eigenvalue weighted by Gasteiger charge is -2.34. The van der Waals surface area contributed by atoms with Gasteiger partial charge in [0.15, 0.2) is 5.69 Å². The summed E-state index contributed by atoms with van der Waals surface area (Å²) in [7, 11) is 1.72. The Kier molecular flexibility index (Phi) is 3.96. The predicted molar refractivity (Wildman–Crippen MR) is 65.5 cm³/mol. The molecule has 1 fully saturated rings. The van der Waals surface area contributed by atoms with Gasteiger partial charge in [-0.05, 0) is 19.8 Å². The molecule has 1 N–H and O–H groups in total. The summed E-state index contributed by atoms with van der Waals surface area (Å²) in [4.78, 5) is 15.6. The first-order chi connectivity index (χ1) is 8.24. The number of thiazole rings is 1. The summed E-state index contributed by atoms with van der Waals surface area (Å²) in [5.74, 6) is -0.362. The summed E-state index contributed by atoms with van der Waals surface area (Å²) >= 11 is 1.43. The fourth-order valence-corrected chi connectivity index (χ4v) is 2.50. The van der Waals surface area contributed by atoms with Crippen molar-refractivity contribution in [3.8, 4) is 0 Å². The van der Waals surface area contributed by atoms with E-state index in [0.29, 0.717) is 24.4 Å². The molecule has 0 unspecified atom stereocenters. The van der Waals surface area contributed by atoms with Crippen molar-refractivity contribution >= 4 is 22.3 Å². The number of hydrogen-bond acceptors (Lipinski definition) is 6. The highest BCUT2D eigenvalue weighted by Crippen LogP contribution is 2.29. The molecule has 0 spiro atoms. The normalized spacial score (nSPS) is 22.9. The summed E-state index contributed by atoms with van der Waals surface area (Å²) in [5.41, 5.74) is 2.04. The number of ether oxygens (including phenoxy) is 2. The molecular formula is C11H16N2O3S. The van der Waals surface area contributed by atoms with E-state index < -0.39 is 0 Å². The van der Waals surface area contributed by atoms with Gasteiger partial charge in [0.25, 0.3) is 0 Å². The first-order valence-electron chi connectivity index (χ1n) is 5.64. The average molecular weight is 256 g/mol. The van der Waals surface area contributed by atoms with E-state index in [1.807, 2.05) is 0 Å². The molecule has 1 saturated carbocycles. The van der Waals surface area contributed by atoms with Gasteiger partial charge in [0.2, 0.25) is 0 Å². The van der Waals surface area contributed by atoms with Gasteiger partial charge in [0, 0.05) is 13.2 Å². The van der Waals surface area contributed by atoms with Crippen LogP contribution in [0, 0.1) is 0 Å². The number of nitrogens with one attached hydrogen (secondary N) is 1. The van der Waals surface area contributed by atoms with Crippen molar-refractivity contribution < 1.29 is 14.3 Å². The number of aromatic nitrogens is 1. The second-order valence-corrected chi connectivity index (χ2v) is 4.78. The molecule has 0 saturated heterocycles. The van der Waals surface area contributed by atoms with E-state index in [9.17, 15) is 4.79 Å². The molecule has 0 bridgehead atoms. The van der Waals surface area contributed by atoms with Crippen LogP contribution in [0.4, 0.5) is 5.00 Å². The van der Waals surface area contributed by atoms with Gasteiger partial charge < -0.3 is 14.8 Å². The van der Waals surface area contributed by atoms with Crippen LogP contribution in [0.15, 0.2) is 5.51 Å². The fraction of sp³-hybridized carbons (Fsp3) is 0.636. The number of carbonyl (C=O) groups is 1. The number of nitrogens with zero attached hydrogens (tertiary/aromatic N) is 1. The van der Waals surface area contributed by atoms with Crippen molar-refractivity contribution in [2.75, 3.05) is 19.0 Å². The highest BCUT2D eigenvalue weighted by Gasteiger charge is 2.30. The van der Waals surface area contributed by atoms with Gasteiger partial charge in [-0.25, -0.2) is 9.78 Å². The zero-order chi connectivity index (χ0) is 12.3. The monoisotopic (exact) mass is 256 g/mol. The van der Waals surface area contributed by atoms with E-state index in [4.69, 9.17) is 9.47 Å². The number of esters is 1. The lowest BCUT2D eigenvalue weighted by Crippen LogP contribution is -2.40. The Labute approximate surface area is 104 Å². The van der Waals surface area contributed by atoms with E-state index in [-0.39, 0.29) is 5.97 Å². The molecule has 0 atom stereocenters. The molecular weight excluding hydrogens is 240 g/mol. The smallest absolute Gasteiger partial charge is 0.360 e. The Morgan fingerprint density at radius 1 is 1.65 bits per heavy atom. The van der Waals surface area contributed by atoms with E-state index in [2.05, 4.69) is 10.3 Å². The molecule has 1 aliphatic rings. The second kappa shape index (κ2) is 5.46. The number of carbonyl (C=O) groups excluding carboxylic acids is 1. The third kappa shape index (κ3) is 2.76. The van der Waals surface area contributed by atoms with Crippen LogP contribution in [-0.4, -0.2) is 36.8 Å². The molecule has 2 rings (SSSR count). The van der Waals surface area contributed by atoms with Crippen LogP contribution in [0.2, 0.25) is 0 Å².